The number of hydrogen-bond acceptors (Lipinski definition) is 1. The Bertz CT molecular complexity index is 433. The van der Waals surface area contributed by atoms with Crippen LogP contribution in [0.4, 0.5) is 0 Å². The molecule has 1 amide bonds. The van der Waals surface area contributed by atoms with Crippen LogP contribution in [0.2, 0.25) is 0 Å². The fraction of sp³-hybridized carbons (Fsp3) is 0.562. The van der Waals surface area contributed by atoms with Gasteiger partial charge in [-0.2, -0.15) is 0 Å². The van der Waals surface area contributed by atoms with Gasteiger partial charge in [-0.25, -0.2) is 0 Å². The van der Waals surface area contributed by atoms with Gasteiger partial charge in [0.25, 0.3) is 0 Å². The van der Waals surface area contributed by atoms with Crippen molar-refractivity contribution in [2.45, 2.75) is 45.1 Å². The summed E-state index contributed by atoms with van der Waals surface area (Å²) < 4.78 is 0. The molecule has 1 heterocycles. The number of carbonyl (C=O) groups excluding carboxylic acids is 1. The summed E-state index contributed by atoms with van der Waals surface area (Å²) in [5.41, 5.74) is 2.35. The van der Waals surface area contributed by atoms with Crippen LogP contribution < -0.4 is 0 Å². The summed E-state index contributed by atoms with van der Waals surface area (Å²) in [5, 5.41) is 0. The maximum Gasteiger partial charge on any atom is 0.227 e. The first-order valence-electron chi connectivity index (χ1n) is 7.12. The van der Waals surface area contributed by atoms with Gasteiger partial charge in [-0.1, -0.05) is 24.3 Å². The highest BCUT2D eigenvalue weighted by molar-refractivity contribution is 6.17. The summed E-state index contributed by atoms with van der Waals surface area (Å²) in [5.74, 6) is 0.961. The highest BCUT2D eigenvalue weighted by Crippen LogP contribution is 2.23. The molecule has 3 heteroatoms. The van der Waals surface area contributed by atoms with Gasteiger partial charge in [-0.3, -0.25) is 4.79 Å². The molecule has 19 heavy (non-hydrogen) atoms. The van der Waals surface area contributed by atoms with Gasteiger partial charge in [-0.15, -0.1) is 11.6 Å². The molecule has 1 atom stereocenters. The van der Waals surface area contributed by atoms with Crippen molar-refractivity contribution in [1.29, 1.82) is 0 Å². The Morgan fingerprint density at radius 2 is 2.21 bits per heavy atom. The van der Waals surface area contributed by atoms with E-state index < -0.39 is 0 Å². The van der Waals surface area contributed by atoms with E-state index in [1.54, 1.807) is 0 Å². The van der Waals surface area contributed by atoms with Gasteiger partial charge < -0.3 is 4.90 Å². The number of nitrogens with zero attached hydrogens (tertiary/aromatic N) is 1. The van der Waals surface area contributed by atoms with Crippen LogP contribution in [-0.4, -0.2) is 29.3 Å². The fourth-order valence-corrected chi connectivity index (χ4v) is 3.00. The molecule has 1 saturated heterocycles. The van der Waals surface area contributed by atoms with E-state index in [0.717, 1.165) is 37.8 Å². The third kappa shape index (κ3) is 3.73. The molecule has 104 valence electrons. The number of hydrogen-bond donors (Lipinski definition) is 0. The molecule has 0 spiro atoms. The van der Waals surface area contributed by atoms with E-state index in [4.69, 9.17) is 11.6 Å². The molecule has 2 nitrogen and oxygen atoms in total. The molecular weight excluding hydrogens is 258 g/mol. The van der Waals surface area contributed by atoms with E-state index in [1.807, 2.05) is 12.1 Å². The van der Waals surface area contributed by atoms with Gasteiger partial charge >= 0.3 is 0 Å². The quantitative estimate of drug-likeness (QED) is 0.755. The molecule has 1 aromatic rings. The molecular formula is C16H22ClNO. The molecule has 0 N–H and O–H groups in total. The average molecular weight is 280 g/mol. The first-order valence-corrected chi connectivity index (χ1v) is 7.65. The van der Waals surface area contributed by atoms with Gasteiger partial charge in [0.2, 0.25) is 5.91 Å². The third-order valence-corrected chi connectivity index (χ3v) is 4.24. The minimum Gasteiger partial charge on any atom is -0.339 e. The van der Waals surface area contributed by atoms with Crippen molar-refractivity contribution >= 4 is 17.5 Å². The minimum absolute atomic E-state index is 0.270. The lowest BCUT2D eigenvalue weighted by atomic mass is 10.0. The lowest BCUT2D eigenvalue weighted by Crippen LogP contribution is -2.36. The van der Waals surface area contributed by atoms with E-state index in [9.17, 15) is 4.79 Å². The van der Waals surface area contributed by atoms with Crippen LogP contribution in [0.15, 0.2) is 24.3 Å². The molecule has 1 aromatic carbocycles. The molecule has 1 fully saturated rings. The number of aryl methyl sites for hydroxylation is 1. The summed E-state index contributed by atoms with van der Waals surface area (Å²) in [4.78, 5) is 14.5. The number of amides is 1. The molecule has 0 aromatic heterocycles. The van der Waals surface area contributed by atoms with Crippen LogP contribution in [0, 0.1) is 6.92 Å². The lowest BCUT2D eigenvalue weighted by Gasteiger charge is -2.25. The normalized spacial score (nSPS) is 18.8. The summed E-state index contributed by atoms with van der Waals surface area (Å²) in [7, 11) is 0. The van der Waals surface area contributed by atoms with E-state index >= 15 is 0 Å². The van der Waals surface area contributed by atoms with E-state index in [1.165, 1.54) is 5.56 Å². The highest BCUT2D eigenvalue weighted by Gasteiger charge is 2.28. The molecule has 1 aliphatic heterocycles. The van der Waals surface area contributed by atoms with Crippen molar-refractivity contribution in [1.82, 2.24) is 4.90 Å². The predicted molar refractivity (Wildman–Crippen MR) is 79.6 cm³/mol. The van der Waals surface area contributed by atoms with E-state index in [2.05, 4.69) is 24.0 Å². The predicted octanol–water partition coefficient (Wildman–Crippen LogP) is 3.55. The smallest absolute Gasteiger partial charge is 0.227 e. The van der Waals surface area contributed by atoms with Crippen LogP contribution in [-0.2, 0) is 11.2 Å². The number of alkyl halides is 1. The Labute approximate surface area is 120 Å². The van der Waals surface area contributed by atoms with Crippen molar-refractivity contribution in [3.63, 3.8) is 0 Å². The van der Waals surface area contributed by atoms with Crippen molar-refractivity contribution in [2.75, 3.05) is 12.4 Å². The largest absolute Gasteiger partial charge is 0.339 e. The van der Waals surface area contributed by atoms with Crippen molar-refractivity contribution in [3.05, 3.63) is 35.4 Å². The maximum absolute atomic E-state index is 12.4. The number of halogens is 1. The average Bonchev–Trinajstić information content (AvgIpc) is 2.87. The van der Waals surface area contributed by atoms with Crippen molar-refractivity contribution in [3.8, 4) is 0 Å². The standard InChI is InChI=1S/C16H22ClNO/c1-13-6-2-3-7-14(13)12-16(19)18-11-5-9-15(18)8-4-10-17/h2-3,6-7,15H,4-5,8-12H2,1H3. The Morgan fingerprint density at radius 3 is 2.95 bits per heavy atom. The Balaban J connectivity index is 1.97. The Morgan fingerprint density at radius 1 is 1.42 bits per heavy atom. The second-order valence-corrected chi connectivity index (χ2v) is 5.70. The zero-order valence-corrected chi connectivity index (χ0v) is 12.3. The minimum atomic E-state index is 0.270. The fourth-order valence-electron chi connectivity index (χ4n) is 2.85. The first kappa shape index (κ1) is 14.4. The second kappa shape index (κ2) is 6.95. The van der Waals surface area contributed by atoms with Gasteiger partial charge in [0.15, 0.2) is 0 Å². The Hall–Kier alpha value is -1.02. The molecule has 0 radical (unpaired) electrons. The summed E-state index contributed by atoms with van der Waals surface area (Å²) in [6, 6.07) is 8.55. The number of likely N-dealkylation sites (tertiary alicyclic amines) is 1. The monoisotopic (exact) mass is 279 g/mol. The summed E-state index contributed by atoms with van der Waals surface area (Å²) in [6.07, 6.45) is 4.84. The van der Waals surface area contributed by atoms with Crippen LogP contribution in [0.25, 0.3) is 0 Å². The van der Waals surface area contributed by atoms with Crippen LogP contribution in [0.5, 0.6) is 0 Å². The molecule has 0 saturated carbocycles. The van der Waals surface area contributed by atoms with Crippen LogP contribution in [0.3, 0.4) is 0 Å². The second-order valence-electron chi connectivity index (χ2n) is 5.32. The van der Waals surface area contributed by atoms with Crippen molar-refractivity contribution in [2.24, 2.45) is 0 Å². The van der Waals surface area contributed by atoms with E-state index in [0.29, 0.717) is 18.3 Å². The zero-order valence-electron chi connectivity index (χ0n) is 11.6. The molecule has 1 aliphatic rings. The van der Waals surface area contributed by atoms with Crippen LogP contribution >= 0.6 is 11.6 Å². The molecule has 0 aliphatic carbocycles. The van der Waals surface area contributed by atoms with Crippen molar-refractivity contribution < 1.29 is 4.79 Å². The SMILES string of the molecule is Cc1ccccc1CC(=O)N1CCCC1CCCCl. The third-order valence-electron chi connectivity index (χ3n) is 3.97. The van der Waals surface area contributed by atoms with Gasteiger partial charge in [0.05, 0.1) is 6.42 Å². The first-order chi connectivity index (χ1) is 9.22. The number of rotatable bonds is 5. The number of carbonyl (C=O) groups is 1. The van der Waals surface area contributed by atoms with Gasteiger partial charge in [0, 0.05) is 18.5 Å². The summed E-state index contributed by atoms with van der Waals surface area (Å²) in [6.45, 7) is 2.98. The highest BCUT2D eigenvalue weighted by atomic mass is 35.5. The van der Waals surface area contributed by atoms with Crippen LogP contribution in [0.1, 0.15) is 36.8 Å². The zero-order chi connectivity index (χ0) is 13.7. The Kier molecular flexibility index (Phi) is 5.26. The molecule has 2 rings (SSSR count). The number of benzene rings is 1. The lowest BCUT2D eigenvalue weighted by molar-refractivity contribution is -0.131. The van der Waals surface area contributed by atoms with Gasteiger partial charge in [0.1, 0.15) is 0 Å². The molecule has 1 unspecified atom stereocenters. The maximum atomic E-state index is 12.4. The topological polar surface area (TPSA) is 20.3 Å². The van der Waals surface area contributed by atoms with E-state index in [-0.39, 0.29) is 5.91 Å². The van der Waals surface area contributed by atoms with Gasteiger partial charge in [-0.05, 0) is 43.7 Å². The summed E-state index contributed by atoms with van der Waals surface area (Å²) >= 11 is 5.75. The molecule has 0 bridgehead atoms.